The molecule has 0 aromatic heterocycles. The van der Waals surface area contributed by atoms with E-state index in [9.17, 15) is 15.0 Å². The molecule has 3 N–H and O–H groups in total. The van der Waals surface area contributed by atoms with Crippen LogP contribution in [0.25, 0.3) is 10.8 Å². The standard InChI is InChI=1S/C17H19NO3/c19-15-8-4-3-7-14(15)18-17(21)13-9-11-5-1-2-6-12(11)10-16(13)20/h1-2,5-6,9-10,14-15,19-20H,3-4,7-8H2,(H,18,21)/t14-,15-/m1/s1. The number of phenols is 1. The van der Waals surface area contributed by atoms with E-state index in [0.29, 0.717) is 6.42 Å². The first-order valence-corrected chi connectivity index (χ1v) is 7.36. The Balaban J connectivity index is 1.85. The maximum atomic E-state index is 12.3. The lowest BCUT2D eigenvalue weighted by Gasteiger charge is -2.28. The molecule has 0 spiro atoms. The van der Waals surface area contributed by atoms with Crippen LogP contribution in [0.4, 0.5) is 0 Å². The molecule has 2 aromatic rings. The number of aliphatic hydroxyl groups excluding tert-OH is 1. The number of hydrogen-bond acceptors (Lipinski definition) is 3. The first kappa shape index (κ1) is 13.9. The van der Waals surface area contributed by atoms with Crippen molar-refractivity contribution in [3.05, 3.63) is 42.0 Å². The molecule has 0 unspecified atom stereocenters. The van der Waals surface area contributed by atoms with E-state index in [1.54, 1.807) is 12.1 Å². The van der Waals surface area contributed by atoms with Gasteiger partial charge in [0, 0.05) is 0 Å². The zero-order valence-corrected chi connectivity index (χ0v) is 11.7. The fourth-order valence-corrected chi connectivity index (χ4v) is 2.94. The minimum absolute atomic E-state index is 0.0310. The second-order valence-corrected chi connectivity index (χ2v) is 5.65. The summed E-state index contributed by atoms with van der Waals surface area (Å²) in [7, 11) is 0. The Bertz CT molecular complexity index is 668. The number of carbonyl (C=O) groups excluding carboxylic acids is 1. The van der Waals surface area contributed by atoms with Crippen molar-refractivity contribution in [3.63, 3.8) is 0 Å². The fraction of sp³-hybridized carbons (Fsp3) is 0.353. The number of carbonyl (C=O) groups is 1. The molecule has 0 saturated heterocycles. The summed E-state index contributed by atoms with van der Waals surface area (Å²) in [6.45, 7) is 0. The topological polar surface area (TPSA) is 69.6 Å². The molecule has 2 atom stereocenters. The van der Waals surface area contributed by atoms with Crippen LogP contribution in [-0.2, 0) is 0 Å². The van der Waals surface area contributed by atoms with Crippen LogP contribution in [-0.4, -0.2) is 28.3 Å². The van der Waals surface area contributed by atoms with Crippen LogP contribution < -0.4 is 5.32 Å². The molecule has 1 aliphatic rings. The molecule has 0 heterocycles. The summed E-state index contributed by atoms with van der Waals surface area (Å²) in [6, 6.07) is 10.6. The number of phenolic OH excluding ortho intramolecular Hbond substituents is 1. The number of amides is 1. The number of aromatic hydroxyl groups is 1. The van der Waals surface area contributed by atoms with Crippen molar-refractivity contribution < 1.29 is 15.0 Å². The number of fused-ring (bicyclic) bond motifs is 1. The van der Waals surface area contributed by atoms with Crippen LogP contribution in [0.1, 0.15) is 36.0 Å². The lowest BCUT2D eigenvalue weighted by molar-refractivity contribution is 0.0715. The summed E-state index contributed by atoms with van der Waals surface area (Å²) in [5.74, 6) is -0.360. The first-order valence-electron chi connectivity index (χ1n) is 7.36. The summed E-state index contributed by atoms with van der Waals surface area (Å²) in [5.41, 5.74) is 0.256. The molecule has 3 rings (SSSR count). The molecule has 110 valence electrons. The molecule has 2 aromatic carbocycles. The lowest BCUT2D eigenvalue weighted by Crippen LogP contribution is -2.45. The number of hydrogen-bond donors (Lipinski definition) is 3. The van der Waals surface area contributed by atoms with Crippen molar-refractivity contribution in [2.75, 3.05) is 0 Å². The van der Waals surface area contributed by atoms with Gasteiger partial charge in [0.25, 0.3) is 5.91 Å². The third kappa shape index (κ3) is 2.85. The zero-order valence-electron chi connectivity index (χ0n) is 11.7. The van der Waals surface area contributed by atoms with Gasteiger partial charge in [0.05, 0.1) is 17.7 Å². The highest BCUT2D eigenvalue weighted by Crippen LogP contribution is 2.26. The van der Waals surface area contributed by atoms with Crippen molar-refractivity contribution in [1.29, 1.82) is 0 Å². The average molecular weight is 285 g/mol. The van der Waals surface area contributed by atoms with Crippen molar-refractivity contribution in [1.82, 2.24) is 5.32 Å². The van der Waals surface area contributed by atoms with Crippen LogP contribution in [0.15, 0.2) is 36.4 Å². The smallest absolute Gasteiger partial charge is 0.255 e. The zero-order chi connectivity index (χ0) is 14.8. The molecule has 4 nitrogen and oxygen atoms in total. The summed E-state index contributed by atoms with van der Waals surface area (Å²) in [4.78, 5) is 12.3. The highest BCUT2D eigenvalue weighted by molar-refractivity contribution is 6.01. The molecule has 0 radical (unpaired) electrons. The van der Waals surface area contributed by atoms with Gasteiger partial charge in [0.2, 0.25) is 0 Å². The minimum atomic E-state index is -0.495. The molecule has 0 bridgehead atoms. The Morgan fingerprint density at radius 3 is 2.48 bits per heavy atom. The third-order valence-electron chi connectivity index (χ3n) is 4.15. The van der Waals surface area contributed by atoms with Crippen molar-refractivity contribution >= 4 is 16.7 Å². The highest BCUT2D eigenvalue weighted by Gasteiger charge is 2.25. The van der Waals surface area contributed by atoms with E-state index >= 15 is 0 Å². The van der Waals surface area contributed by atoms with Gasteiger partial charge in [-0.1, -0.05) is 37.1 Å². The van der Waals surface area contributed by atoms with E-state index < -0.39 is 6.10 Å². The second kappa shape index (κ2) is 5.74. The normalized spacial score (nSPS) is 22.1. The molecule has 4 heteroatoms. The molecule has 1 amide bonds. The molecule has 0 aliphatic heterocycles. The number of aliphatic hydroxyl groups is 1. The van der Waals surface area contributed by atoms with Crippen molar-refractivity contribution in [3.8, 4) is 5.75 Å². The van der Waals surface area contributed by atoms with E-state index in [4.69, 9.17) is 0 Å². The monoisotopic (exact) mass is 285 g/mol. The SMILES string of the molecule is O=C(N[C@@H]1CCCC[C@H]1O)c1cc2ccccc2cc1O. The van der Waals surface area contributed by atoms with Gasteiger partial charge in [-0.3, -0.25) is 4.79 Å². The second-order valence-electron chi connectivity index (χ2n) is 5.65. The molecule has 1 fully saturated rings. The largest absolute Gasteiger partial charge is 0.507 e. The van der Waals surface area contributed by atoms with Crippen molar-refractivity contribution in [2.24, 2.45) is 0 Å². The molecular weight excluding hydrogens is 266 g/mol. The van der Waals surface area contributed by atoms with Gasteiger partial charge in [0.15, 0.2) is 0 Å². The highest BCUT2D eigenvalue weighted by atomic mass is 16.3. The van der Waals surface area contributed by atoms with Gasteiger partial charge < -0.3 is 15.5 Å². The quantitative estimate of drug-likeness (QED) is 0.794. The molecular formula is C17H19NO3. The number of rotatable bonds is 2. The van der Waals surface area contributed by atoms with Gasteiger partial charge in [-0.05, 0) is 35.7 Å². The maximum absolute atomic E-state index is 12.3. The Kier molecular flexibility index (Phi) is 3.80. The summed E-state index contributed by atoms with van der Waals surface area (Å²) in [6.07, 6.45) is 3.00. The predicted molar refractivity (Wildman–Crippen MR) is 81.3 cm³/mol. The van der Waals surface area contributed by atoms with Crippen LogP contribution >= 0.6 is 0 Å². The van der Waals surface area contributed by atoms with Crippen LogP contribution in [0.5, 0.6) is 5.75 Å². The van der Waals surface area contributed by atoms with Gasteiger partial charge >= 0.3 is 0 Å². The summed E-state index contributed by atoms with van der Waals surface area (Å²) in [5, 5.41) is 24.6. The molecule has 21 heavy (non-hydrogen) atoms. The van der Waals surface area contributed by atoms with E-state index in [-0.39, 0.29) is 23.3 Å². The minimum Gasteiger partial charge on any atom is -0.507 e. The fourth-order valence-electron chi connectivity index (χ4n) is 2.94. The van der Waals surface area contributed by atoms with Crippen LogP contribution in [0, 0.1) is 0 Å². The van der Waals surface area contributed by atoms with Crippen LogP contribution in [0.2, 0.25) is 0 Å². The average Bonchev–Trinajstić information content (AvgIpc) is 2.49. The summed E-state index contributed by atoms with van der Waals surface area (Å²) >= 11 is 0. The Hall–Kier alpha value is -2.07. The third-order valence-corrected chi connectivity index (χ3v) is 4.15. The van der Waals surface area contributed by atoms with Gasteiger partial charge in [-0.15, -0.1) is 0 Å². The van der Waals surface area contributed by atoms with E-state index in [2.05, 4.69) is 5.32 Å². The van der Waals surface area contributed by atoms with Crippen LogP contribution in [0.3, 0.4) is 0 Å². The summed E-state index contributed by atoms with van der Waals surface area (Å²) < 4.78 is 0. The van der Waals surface area contributed by atoms with Gasteiger partial charge in [-0.25, -0.2) is 0 Å². The Labute approximate surface area is 123 Å². The predicted octanol–water partition coefficient (Wildman–Crippen LogP) is 2.58. The Morgan fingerprint density at radius 2 is 1.76 bits per heavy atom. The van der Waals surface area contributed by atoms with E-state index in [1.165, 1.54) is 0 Å². The number of nitrogens with one attached hydrogen (secondary N) is 1. The number of benzene rings is 2. The van der Waals surface area contributed by atoms with Crippen molar-refractivity contribution in [2.45, 2.75) is 37.8 Å². The molecule has 1 aliphatic carbocycles. The first-order chi connectivity index (χ1) is 10.1. The Morgan fingerprint density at radius 1 is 1.10 bits per heavy atom. The van der Waals surface area contributed by atoms with Gasteiger partial charge in [0.1, 0.15) is 5.75 Å². The van der Waals surface area contributed by atoms with E-state index in [1.807, 2.05) is 24.3 Å². The van der Waals surface area contributed by atoms with Gasteiger partial charge in [-0.2, -0.15) is 0 Å². The van der Waals surface area contributed by atoms with E-state index in [0.717, 1.165) is 30.0 Å². The maximum Gasteiger partial charge on any atom is 0.255 e. The lowest BCUT2D eigenvalue weighted by atomic mass is 9.92. The molecule has 1 saturated carbocycles.